The summed E-state index contributed by atoms with van der Waals surface area (Å²) < 4.78 is 0. The van der Waals surface area contributed by atoms with Gasteiger partial charge in [-0.2, -0.15) is 5.26 Å². The van der Waals surface area contributed by atoms with E-state index < -0.39 is 0 Å². The number of thioether (sulfide) groups is 1. The fourth-order valence-corrected chi connectivity index (χ4v) is 3.08. The highest BCUT2D eigenvalue weighted by Gasteiger charge is 2.12. The number of aryl methyl sites for hydroxylation is 1. The van der Waals surface area contributed by atoms with E-state index in [1.165, 1.54) is 5.56 Å². The molecular weight excluding hydrogens is 304 g/mol. The maximum Gasteiger partial charge on any atom is 0.208 e. The first-order chi connectivity index (χ1) is 11.2. The highest BCUT2D eigenvalue weighted by Crippen LogP contribution is 2.09. The summed E-state index contributed by atoms with van der Waals surface area (Å²) in [6.45, 7) is 9.32. The summed E-state index contributed by atoms with van der Waals surface area (Å²) in [5, 5.41) is 9.73. The van der Waals surface area contributed by atoms with E-state index in [9.17, 15) is 0 Å². The highest BCUT2D eigenvalue weighted by atomic mass is 32.2. The third-order valence-corrected chi connectivity index (χ3v) is 4.63. The third kappa shape index (κ3) is 7.54. The Morgan fingerprint density at radius 1 is 1.13 bits per heavy atom. The van der Waals surface area contributed by atoms with Gasteiger partial charge in [0.05, 0.1) is 0 Å². The Hall–Kier alpha value is -1.51. The molecule has 0 unspecified atom stereocenters. The van der Waals surface area contributed by atoms with Crippen molar-refractivity contribution >= 4 is 16.9 Å². The lowest BCUT2D eigenvalue weighted by Gasteiger charge is -2.27. The molecule has 126 valence electrons. The first-order valence-corrected chi connectivity index (χ1v) is 9.49. The van der Waals surface area contributed by atoms with Crippen LogP contribution < -0.4 is 0 Å². The van der Waals surface area contributed by atoms with Crippen molar-refractivity contribution in [1.29, 1.82) is 5.26 Å². The Labute approximate surface area is 145 Å². The van der Waals surface area contributed by atoms with Crippen molar-refractivity contribution in [2.45, 2.75) is 26.7 Å². The number of nitrogens with zero attached hydrogens (tertiary/aromatic N) is 4. The first kappa shape index (κ1) is 19.5. The monoisotopic (exact) mass is 332 g/mol. The van der Waals surface area contributed by atoms with Gasteiger partial charge in [0.15, 0.2) is 5.17 Å². The second-order valence-electron chi connectivity index (χ2n) is 5.30. The molecule has 0 aliphatic heterocycles. The molecule has 0 saturated heterocycles. The average Bonchev–Trinajstić information content (AvgIpc) is 2.60. The van der Waals surface area contributed by atoms with Crippen LogP contribution in [0.25, 0.3) is 0 Å². The number of likely N-dealkylation sites (N-methyl/N-ethyl adjacent to an activating group) is 1. The number of amidine groups is 1. The molecular formula is C18H28N4S. The molecule has 0 N–H and O–H groups in total. The normalized spacial score (nSPS) is 11.5. The van der Waals surface area contributed by atoms with E-state index in [0.29, 0.717) is 0 Å². The lowest BCUT2D eigenvalue weighted by molar-refractivity contribution is 0.268. The van der Waals surface area contributed by atoms with Crippen molar-refractivity contribution < 1.29 is 0 Å². The topological polar surface area (TPSA) is 42.6 Å². The molecule has 0 aliphatic rings. The van der Waals surface area contributed by atoms with Crippen molar-refractivity contribution in [3.8, 4) is 6.19 Å². The molecule has 0 aromatic heterocycles. The summed E-state index contributed by atoms with van der Waals surface area (Å²) in [6.07, 6.45) is 6.03. The SMILES string of the molecule is CCN(CC)CCN(CCCc1ccccc1)/C(=N/C#N)SC. The van der Waals surface area contributed by atoms with E-state index in [2.05, 4.69) is 52.9 Å². The van der Waals surface area contributed by atoms with Gasteiger partial charge in [-0.15, -0.1) is 4.99 Å². The van der Waals surface area contributed by atoms with Crippen molar-refractivity contribution in [3.05, 3.63) is 35.9 Å². The maximum atomic E-state index is 8.90. The van der Waals surface area contributed by atoms with Gasteiger partial charge in [-0.1, -0.05) is 55.9 Å². The van der Waals surface area contributed by atoms with Gasteiger partial charge in [-0.05, 0) is 37.8 Å². The molecule has 0 amide bonds. The second-order valence-corrected chi connectivity index (χ2v) is 6.07. The molecule has 0 heterocycles. The summed E-state index contributed by atoms with van der Waals surface area (Å²) in [6, 6.07) is 10.5. The molecule has 1 aromatic carbocycles. The number of hydrogen-bond acceptors (Lipinski definition) is 4. The van der Waals surface area contributed by atoms with Crippen LogP contribution in [0.2, 0.25) is 0 Å². The van der Waals surface area contributed by atoms with Crippen LogP contribution in [0.3, 0.4) is 0 Å². The van der Waals surface area contributed by atoms with Crippen LogP contribution in [0.1, 0.15) is 25.8 Å². The van der Waals surface area contributed by atoms with Gasteiger partial charge in [0.1, 0.15) is 0 Å². The zero-order valence-corrected chi connectivity index (χ0v) is 15.4. The predicted molar refractivity (Wildman–Crippen MR) is 101 cm³/mol. The molecule has 5 heteroatoms. The Kier molecular flexibility index (Phi) is 10.2. The number of rotatable bonds is 9. The van der Waals surface area contributed by atoms with Gasteiger partial charge >= 0.3 is 0 Å². The summed E-state index contributed by atoms with van der Waals surface area (Å²) in [5.41, 5.74) is 1.36. The van der Waals surface area contributed by atoms with Crippen LogP contribution in [0, 0.1) is 11.5 Å². The lowest BCUT2D eigenvalue weighted by atomic mass is 10.1. The summed E-state index contributed by atoms with van der Waals surface area (Å²) in [7, 11) is 0. The molecule has 23 heavy (non-hydrogen) atoms. The number of aliphatic imine (C=N–C) groups is 1. The largest absolute Gasteiger partial charge is 0.349 e. The number of benzene rings is 1. The fourth-order valence-electron chi connectivity index (χ4n) is 2.51. The van der Waals surface area contributed by atoms with Gasteiger partial charge in [-0.3, -0.25) is 0 Å². The van der Waals surface area contributed by atoms with Crippen LogP contribution in [0.5, 0.6) is 0 Å². The summed E-state index contributed by atoms with van der Waals surface area (Å²) in [5.74, 6) is 0. The Balaban J connectivity index is 2.59. The van der Waals surface area contributed by atoms with E-state index in [-0.39, 0.29) is 0 Å². The summed E-state index contributed by atoms with van der Waals surface area (Å²) >= 11 is 1.55. The Morgan fingerprint density at radius 2 is 1.83 bits per heavy atom. The van der Waals surface area contributed by atoms with Gasteiger partial charge in [0.25, 0.3) is 0 Å². The van der Waals surface area contributed by atoms with Crippen molar-refractivity contribution in [2.75, 3.05) is 39.0 Å². The average molecular weight is 333 g/mol. The Bertz CT molecular complexity index is 491. The molecule has 0 aliphatic carbocycles. The zero-order valence-electron chi connectivity index (χ0n) is 14.5. The molecule has 0 spiro atoms. The third-order valence-electron chi connectivity index (χ3n) is 3.92. The van der Waals surface area contributed by atoms with Gasteiger partial charge in [0.2, 0.25) is 6.19 Å². The van der Waals surface area contributed by atoms with Crippen molar-refractivity contribution in [3.63, 3.8) is 0 Å². The van der Waals surface area contributed by atoms with Crippen LogP contribution in [-0.2, 0) is 6.42 Å². The van der Waals surface area contributed by atoms with E-state index in [0.717, 1.165) is 50.7 Å². The van der Waals surface area contributed by atoms with Crippen LogP contribution >= 0.6 is 11.8 Å². The van der Waals surface area contributed by atoms with Gasteiger partial charge in [0, 0.05) is 19.6 Å². The highest BCUT2D eigenvalue weighted by molar-refractivity contribution is 8.13. The Morgan fingerprint density at radius 3 is 2.39 bits per heavy atom. The molecule has 4 nitrogen and oxygen atoms in total. The van der Waals surface area contributed by atoms with Gasteiger partial charge < -0.3 is 9.80 Å². The van der Waals surface area contributed by atoms with Crippen LogP contribution in [0.4, 0.5) is 0 Å². The minimum atomic E-state index is 0.827. The molecule has 0 radical (unpaired) electrons. The van der Waals surface area contributed by atoms with E-state index in [4.69, 9.17) is 5.26 Å². The van der Waals surface area contributed by atoms with E-state index in [1.807, 2.05) is 18.5 Å². The minimum absolute atomic E-state index is 0.827. The smallest absolute Gasteiger partial charge is 0.208 e. The van der Waals surface area contributed by atoms with Gasteiger partial charge in [-0.25, -0.2) is 0 Å². The number of hydrogen-bond donors (Lipinski definition) is 0. The molecule has 0 bridgehead atoms. The first-order valence-electron chi connectivity index (χ1n) is 8.27. The quantitative estimate of drug-likeness (QED) is 0.394. The van der Waals surface area contributed by atoms with Crippen LogP contribution in [0.15, 0.2) is 35.3 Å². The van der Waals surface area contributed by atoms with Crippen LogP contribution in [-0.4, -0.2) is 53.9 Å². The van der Waals surface area contributed by atoms with Crippen molar-refractivity contribution in [1.82, 2.24) is 9.80 Å². The second kappa shape index (κ2) is 12.0. The molecule has 0 saturated carbocycles. The van der Waals surface area contributed by atoms with E-state index >= 15 is 0 Å². The molecule has 1 aromatic rings. The molecule has 1 rings (SSSR count). The predicted octanol–water partition coefficient (Wildman–Crippen LogP) is 3.46. The molecule has 0 fully saturated rings. The summed E-state index contributed by atoms with van der Waals surface area (Å²) in [4.78, 5) is 8.63. The minimum Gasteiger partial charge on any atom is -0.349 e. The fraction of sp³-hybridized carbons (Fsp3) is 0.556. The maximum absolute atomic E-state index is 8.90. The number of nitriles is 1. The van der Waals surface area contributed by atoms with E-state index in [1.54, 1.807) is 11.8 Å². The zero-order chi connectivity index (χ0) is 16.9. The van der Waals surface area contributed by atoms with Crippen molar-refractivity contribution in [2.24, 2.45) is 4.99 Å². The standard InChI is InChI=1S/C18H28N4S/c1-4-21(5-2)14-15-22(18(23-3)20-16-19)13-9-12-17-10-7-6-8-11-17/h6-8,10-11H,4-5,9,12-15H2,1-3H3/b20-18-. The molecule has 0 atom stereocenters. The lowest BCUT2D eigenvalue weighted by Crippen LogP contribution is -2.38.